The first-order chi connectivity index (χ1) is 31.5. The van der Waals surface area contributed by atoms with Gasteiger partial charge in [0.25, 0.3) is 0 Å². The first kappa shape index (κ1) is 37.2. The number of para-hydroxylation sites is 2. The molecule has 0 aliphatic heterocycles. The Hall–Kier alpha value is -8.62. The minimum Gasteiger partial charge on any atom is -0.456 e. The highest BCUT2D eigenvalue weighted by atomic mass is 16.3. The van der Waals surface area contributed by atoms with Gasteiger partial charge < -0.3 is 8.83 Å². The summed E-state index contributed by atoms with van der Waals surface area (Å²) in [6, 6.07) is 62.2. The van der Waals surface area contributed by atoms with Crippen LogP contribution in [0.25, 0.3) is 123 Å². The summed E-state index contributed by atoms with van der Waals surface area (Å²) in [5, 5.41) is 4.35. The van der Waals surface area contributed by atoms with Gasteiger partial charge in [-0.3, -0.25) is 0 Å². The second-order valence-electron chi connectivity index (χ2n) is 16.0. The Morgan fingerprint density at radius 1 is 0.281 bits per heavy atom. The molecule has 0 bridgehead atoms. The molecule has 8 heteroatoms. The van der Waals surface area contributed by atoms with E-state index in [4.69, 9.17) is 28.8 Å². The molecule has 8 aromatic carbocycles. The van der Waals surface area contributed by atoms with Crippen molar-refractivity contribution in [2.75, 3.05) is 0 Å². The van der Waals surface area contributed by atoms with Crippen LogP contribution in [0.1, 0.15) is 11.6 Å². The normalized spacial score (nSPS) is 11.6. The first-order valence-corrected chi connectivity index (χ1v) is 21.2. The Kier molecular flexibility index (Phi) is 8.76. The zero-order valence-corrected chi connectivity index (χ0v) is 34.8. The van der Waals surface area contributed by atoms with Crippen molar-refractivity contribution in [2.24, 2.45) is 0 Å². The average Bonchev–Trinajstić information content (AvgIpc) is 3.92. The molecule has 0 N–H and O–H groups in total. The van der Waals surface area contributed by atoms with Crippen LogP contribution in [0.2, 0.25) is 0 Å². The second-order valence-corrected chi connectivity index (χ2v) is 16.0. The lowest BCUT2D eigenvalue weighted by Gasteiger charge is -2.08. The van der Waals surface area contributed by atoms with Crippen LogP contribution in [-0.4, -0.2) is 29.9 Å². The van der Waals surface area contributed by atoms with E-state index < -0.39 is 0 Å². The Morgan fingerprint density at radius 3 is 1.36 bits per heavy atom. The van der Waals surface area contributed by atoms with Gasteiger partial charge in [-0.2, -0.15) is 0 Å². The number of furan rings is 2. The van der Waals surface area contributed by atoms with E-state index in [0.717, 1.165) is 99.5 Å². The van der Waals surface area contributed by atoms with Gasteiger partial charge in [0.1, 0.15) is 34.0 Å². The van der Waals surface area contributed by atoms with Crippen molar-refractivity contribution in [1.82, 2.24) is 29.9 Å². The van der Waals surface area contributed by atoms with Crippen molar-refractivity contribution < 1.29 is 8.83 Å². The summed E-state index contributed by atoms with van der Waals surface area (Å²) in [5.74, 6) is 3.90. The van der Waals surface area contributed by atoms with E-state index in [2.05, 4.69) is 137 Å². The molecule has 64 heavy (non-hydrogen) atoms. The summed E-state index contributed by atoms with van der Waals surface area (Å²) in [4.78, 5) is 28.4. The van der Waals surface area contributed by atoms with Crippen molar-refractivity contribution in [2.45, 2.75) is 13.8 Å². The number of aryl methyl sites for hydroxylation is 2. The Bertz CT molecular complexity index is 3730. The van der Waals surface area contributed by atoms with Crippen molar-refractivity contribution in [3.63, 3.8) is 0 Å². The molecule has 0 spiro atoms. The van der Waals surface area contributed by atoms with E-state index >= 15 is 0 Å². The van der Waals surface area contributed by atoms with Gasteiger partial charge in [0, 0.05) is 49.4 Å². The lowest BCUT2D eigenvalue weighted by atomic mass is 9.99. The fourth-order valence-electron chi connectivity index (χ4n) is 8.60. The van der Waals surface area contributed by atoms with E-state index in [1.165, 1.54) is 0 Å². The smallest absolute Gasteiger partial charge is 0.163 e. The predicted molar refractivity (Wildman–Crippen MR) is 255 cm³/mol. The Balaban J connectivity index is 0.801. The number of aromatic nitrogens is 6. The van der Waals surface area contributed by atoms with E-state index in [9.17, 15) is 0 Å². The van der Waals surface area contributed by atoms with Gasteiger partial charge in [-0.05, 0) is 72.0 Å². The molecular weight excluding hydrogens is 789 g/mol. The van der Waals surface area contributed by atoms with Crippen LogP contribution in [0.5, 0.6) is 0 Å². The van der Waals surface area contributed by atoms with Gasteiger partial charge in [-0.25, -0.2) is 29.9 Å². The second kappa shape index (κ2) is 15.1. The van der Waals surface area contributed by atoms with E-state index in [0.29, 0.717) is 34.9 Å². The maximum absolute atomic E-state index is 6.66. The Labute approximate surface area is 367 Å². The molecule has 12 aromatic rings. The maximum atomic E-state index is 6.66. The molecule has 0 saturated heterocycles. The van der Waals surface area contributed by atoms with Gasteiger partial charge in [0.2, 0.25) is 0 Å². The van der Waals surface area contributed by atoms with Crippen LogP contribution in [-0.2, 0) is 0 Å². The number of hydrogen-bond donors (Lipinski definition) is 0. The van der Waals surface area contributed by atoms with Gasteiger partial charge in [0.15, 0.2) is 23.3 Å². The fraction of sp³-hybridized carbons (Fsp3) is 0.0357. The summed E-state index contributed by atoms with van der Waals surface area (Å²) < 4.78 is 12.7. The maximum Gasteiger partial charge on any atom is 0.163 e. The molecule has 0 unspecified atom stereocenters. The van der Waals surface area contributed by atoms with Crippen LogP contribution in [0.3, 0.4) is 0 Å². The minimum absolute atomic E-state index is 0.623. The topological polar surface area (TPSA) is 104 Å². The highest BCUT2D eigenvalue weighted by Gasteiger charge is 2.16. The molecule has 0 atom stereocenters. The zero-order valence-electron chi connectivity index (χ0n) is 34.8. The summed E-state index contributed by atoms with van der Waals surface area (Å²) >= 11 is 0. The molecule has 0 radical (unpaired) electrons. The van der Waals surface area contributed by atoms with Crippen molar-refractivity contribution in [1.29, 1.82) is 0 Å². The van der Waals surface area contributed by atoms with Gasteiger partial charge in [-0.15, -0.1) is 0 Å². The average molecular weight is 825 g/mol. The highest BCUT2D eigenvalue weighted by Crippen LogP contribution is 2.39. The number of hydrogen-bond acceptors (Lipinski definition) is 8. The highest BCUT2D eigenvalue weighted by molar-refractivity contribution is 6.10. The predicted octanol–water partition coefficient (Wildman–Crippen LogP) is 14.1. The quantitative estimate of drug-likeness (QED) is 0.156. The molecule has 302 valence electrons. The largest absolute Gasteiger partial charge is 0.456 e. The number of fused-ring (bicyclic) bond motifs is 6. The molecule has 0 aliphatic rings. The molecule has 4 heterocycles. The molecule has 0 fully saturated rings. The summed E-state index contributed by atoms with van der Waals surface area (Å²) in [6.07, 6.45) is 0. The Morgan fingerprint density at radius 2 is 0.734 bits per heavy atom. The molecular formula is C56H36N6O2. The standard InChI is InChI=1S/C56H36N6O2/c1-33-57-53(38-9-4-3-5-10-38)61-54(58-33)40-23-17-36(18-24-40)43-27-29-46-47-13-8-12-44(52(47)64-51(46)32-43)37-19-25-41(26-20-37)56-60-34(2)59-55(62-56)39-21-15-35(16-22-39)42-28-30-50-48(31-42)45-11-6-7-14-49(45)63-50/h3-32H,1-2H3. The lowest BCUT2D eigenvalue weighted by molar-refractivity contribution is 0.669. The third-order valence-electron chi connectivity index (χ3n) is 11.8. The van der Waals surface area contributed by atoms with E-state index in [1.54, 1.807) is 0 Å². The zero-order chi connectivity index (χ0) is 42.7. The molecule has 0 saturated carbocycles. The fourth-order valence-corrected chi connectivity index (χ4v) is 8.60. The van der Waals surface area contributed by atoms with Crippen LogP contribution >= 0.6 is 0 Å². The van der Waals surface area contributed by atoms with E-state index in [-0.39, 0.29) is 0 Å². The number of nitrogens with zero attached hydrogens (tertiary/aromatic N) is 6. The number of benzene rings is 8. The summed E-state index contributed by atoms with van der Waals surface area (Å²) in [6.45, 7) is 3.81. The van der Waals surface area contributed by atoms with Crippen LogP contribution in [0.4, 0.5) is 0 Å². The van der Waals surface area contributed by atoms with Crippen LogP contribution in [0.15, 0.2) is 191 Å². The van der Waals surface area contributed by atoms with Gasteiger partial charge in [-0.1, -0.05) is 152 Å². The molecule has 4 aromatic heterocycles. The molecule has 0 amide bonds. The minimum atomic E-state index is 0.623. The third kappa shape index (κ3) is 6.65. The molecule has 12 rings (SSSR count). The summed E-state index contributed by atoms with van der Waals surface area (Å²) in [7, 11) is 0. The number of rotatable bonds is 7. The summed E-state index contributed by atoms with van der Waals surface area (Å²) in [5.41, 5.74) is 13.6. The molecule has 8 nitrogen and oxygen atoms in total. The van der Waals surface area contributed by atoms with Crippen molar-refractivity contribution in [3.8, 4) is 78.9 Å². The first-order valence-electron chi connectivity index (χ1n) is 21.2. The van der Waals surface area contributed by atoms with E-state index in [1.807, 2.05) is 68.4 Å². The van der Waals surface area contributed by atoms with Crippen LogP contribution in [0, 0.1) is 13.8 Å². The van der Waals surface area contributed by atoms with Crippen LogP contribution < -0.4 is 0 Å². The van der Waals surface area contributed by atoms with Gasteiger partial charge in [0.05, 0.1) is 0 Å². The SMILES string of the molecule is Cc1nc(-c2ccccc2)nc(-c2ccc(-c3ccc4c(c3)oc3c(-c5ccc(-c6nc(C)nc(-c7ccc(-c8ccc9oc%10ccccc%10c9c8)cc7)n6)cc5)cccc34)cc2)n1. The third-order valence-corrected chi connectivity index (χ3v) is 11.8. The molecule has 0 aliphatic carbocycles. The lowest BCUT2D eigenvalue weighted by Crippen LogP contribution is -1.99. The van der Waals surface area contributed by atoms with Crippen molar-refractivity contribution in [3.05, 3.63) is 194 Å². The monoisotopic (exact) mass is 824 g/mol. The van der Waals surface area contributed by atoms with Gasteiger partial charge >= 0.3 is 0 Å². The van der Waals surface area contributed by atoms with Crippen molar-refractivity contribution >= 4 is 43.9 Å².